The highest BCUT2D eigenvalue weighted by molar-refractivity contribution is 5.99. The summed E-state index contributed by atoms with van der Waals surface area (Å²) in [4.78, 5) is 42.7. The van der Waals surface area contributed by atoms with Crippen LogP contribution in [0.15, 0.2) is 42.5 Å². The summed E-state index contributed by atoms with van der Waals surface area (Å²) in [5.74, 6) is -0.543. The van der Waals surface area contributed by atoms with Crippen molar-refractivity contribution in [2.45, 2.75) is 92.5 Å². The fourth-order valence-corrected chi connectivity index (χ4v) is 4.57. The predicted molar refractivity (Wildman–Crippen MR) is 151 cm³/mol. The van der Waals surface area contributed by atoms with Crippen LogP contribution >= 0.6 is 0 Å². The van der Waals surface area contributed by atoms with Crippen molar-refractivity contribution >= 4 is 23.6 Å². The summed E-state index contributed by atoms with van der Waals surface area (Å²) in [5.41, 5.74) is 3.83. The molecule has 38 heavy (non-hydrogen) atoms. The average Bonchev–Trinajstić information content (AvgIpc) is 3.53. The third-order valence-electron chi connectivity index (χ3n) is 7.06. The van der Waals surface area contributed by atoms with Crippen LogP contribution in [0.4, 0.5) is 10.5 Å². The molecule has 0 aromatic heterocycles. The van der Waals surface area contributed by atoms with Crippen LogP contribution in [0.2, 0.25) is 0 Å². The molecule has 1 aliphatic rings. The smallest absolute Gasteiger partial charge is 0.408 e. The molecule has 1 aliphatic carbocycles. The van der Waals surface area contributed by atoms with Gasteiger partial charge in [-0.1, -0.05) is 57.2 Å². The third kappa shape index (κ3) is 7.15. The number of para-hydroxylation sites is 1. The molecule has 2 N–H and O–H groups in total. The standard InChI is InChI=1S/C31H43N3O4/c1-18(2)26(33-30(37)38-31(7,8)9)29(36)34(25-17-22(25)6)27(23-15-14-19(3)21(5)16-23)28(35)32-24-13-11-10-12-20(24)4/h10-16,18,22,25-27H,17H2,1-9H3,(H,32,35)(H,33,37). The monoisotopic (exact) mass is 521 g/mol. The molecule has 4 unspecified atom stereocenters. The van der Waals surface area contributed by atoms with Gasteiger partial charge in [0.25, 0.3) is 5.91 Å². The average molecular weight is 522 g/mol. The molecule has 4 atom stereocenters. The first-order valence-corrected chi connectivity index (χ1v) is 13.4. The number of hydrogen-bond acceptors (Lipinski definition) is 4. The maximum absolute atomic E-state index is 14.3. The van der Waals surface area contributed by atoms with E-state index >= 15 is 0 Å². The molecular weight excluding hydrogens is 478 g/mol. The summed E-state index contributed by atoms with van der Waals surface area (Å²) in [6.07, 6.45) is 0.141. The second kappa shape index (κ2) is 11.6. The van der Waals surface area contributed by atoms with Crippen LogP contribution in [-0.2, 0) is 14.3 Å². The van der Waals surface area contributed by atoms with Gasteiger partial charge in [0.2, 0.25) is 5.91 Å². The van der Waals surface area contributed by atoms with E-state index in [0.717, 1.165) is 28.7 Å². The lowest BCUT2D eigenvalue weighted by Crippen LogP contribution is -2.55. The normalized spacial score (nSPS) is 18.4. The Kier molecular flexibility index (Phi) is 8.90. The molecule has 0 radical (unpaired) electrons. The Morgan fingerprint density at radius 2 is 1.61 bits per heavy atom. The maximum atomic E-state index is 14.3. The Hall–Kier alpha value is -3.35. The molecule has 3 rings (SSSR count). The van der Waals surface area contributed by atoms with Gasteiger partial charge in [-0.3, -0.25) is 9.59 Å². The summed E-state index contributed by atoms with van der Waals surface area (Å²) in [5, 5.41) is 5.86. The van der Waals surface area contributed by atoms with E-state index in [0.29, 0.717) is 5.69 Å². The minimum atomic E-state index is -0.863. The molecule has 7 nitrogen and oxygen atoms in total. The van der Waals surface area contributed by atoms with Crippen molar-refractivity contribution < 1.29 is 19.1 Å². The van der Waals surface area contributed by atoms with E-state index in [9.17, 15) is 14.4 Å². The number of anilines is 1. The number of nitrogens with one attached hydrogen (secondary N) is 2. The molecule has 2 aromatic rings. The van der Waals surface area contributed by atoms with Gasteiger partial charge in [-0.15, -0.1) is 0 Å². The first kappa shape index (κ1) is 29.2. The number of amides is 3. The van der Waals surface area contributed by atoms with Crippen molar-refractivity contribution in [2.75, 3.05) is 5.32 Å². The van der Waals surface area contributed by atoms with E-state index in [1.165, 1.54) is 0 Å². The SMILES string of the molecule is Cc1ccc(C(C(=O)Nc2ccccc2C)N(C(=O)C(NC(=O)OC(C)(C)C)C(C)C)C2CC2C)cc1C. The Morgan fingerprint density at radius 1 is 0.974 bits per heavy atom. The number of alkyl carbamates (subject to hydrolysis) is 1. The summed E-state index contributed by atoms with van der Waals surface area (Å²) in [7, 11) is 0. The topological polar surface area (TPSA) is 87.7 Å². The number of carbonyl (C=O) groups excluding carboxylic acids is 3. The number of carbonyl (C=O) groups is 3. The van der Waals surface area contributed by atoms with E-state index in [4.69, 9.17) is 4.74 Å². The molecule has 1 fully saturated rings. The third-order valence-corrected chi connectivity index (χ3v) is 7.06. The molecular formula is C31H43N3O4. The lowest BCUT2D eigenvalue weighted by molar-refractivity contribution is -0.142. The van der Waals surface area contributed by atoms with Gasteiger partial charge in [0.05, 0.1) is 0 Å². The van der Waals surface area contributed by atoms with Crippen molar-refractivity contribution in [3.05, 3.63) is 64.7 Å². The van der Waals surface area contributed by atoms with Gasteiger partial charge < -0.3 is 20.3 Å². The van der Waals surface area contributed by atoms with E-state index < -0.39 is 23.8 Å². The quantitative estimate of drug-likeness (QED) is 0.441. The molecule has 3 amide bonds. The predicted octanol–water partition coefficient (Wildman–Crippen LogP) is 6.08. The molecule has 0 saturated heterocycles. The number of nitrogens with zero attached hydrogens (tertiary/aromatic N) is 1. The highest BCUT2D eigenvalue weighted by atomic mass is 16.6. The number of hydrogen-bond donors (Lipinski definition) is 2. The highest BCUT2D eigenvalue weighted by Gasteiger charge is 2.48. The first-order valence-electron chi connectivity index (χ1n) is 13.4. The van der Waals surface area contributed by atoms with E-state index in [1.807, 2.05) is 77.1 Å². The second-order valence-electron chi connectivity index (χ2n) is 11.9. The van der Waals surface area contributed by atoms with Crippen LogP contribution in [0.25, 0.3) is 0 Å². The molecule has 206 valence electrons. The lowest BCUT2D eigenvalue weighted by atomic mass is 9.96. The first-order chi connectivity index (χ1) is 17.7. The van der Waals surface area contributed by atoms with Crippen molar-refractivity contribution in [1.29, 1.82) is 0 Å². The van der Waals surface area contributed by atoms with Crippen LogP contribution in [0.3, 0.4) is 0 Å². The van der Waals surface area contributed by atoms with Gasteiger partial charge >= 0.3 is 6.09 Å². The second-order valence-corrected chi connectivity index (χ2v) is 11.9. The summed E-state index contributed by atoms with van der Waals surface area (Å²) >= 11 is 0. The molecule has 0 spiro atoms. The van der Waals surface area contributed by atoms with Crippen molar-refractivity contribution in [2.24, 2.45) is 11.8 Å². The fraction of sp³-hybridized carbons (Fsp3) is 0.516. The van der Waals surface area contributed by atoms with Gasteiger partial charge in [-0.05, 0) is 88.1 Å². The van der Waals surface area contributed by atoms with Gasteiger partial charge in [0.15, 0.2) is 0 Å². The van der Waals surface area contributed by atoms with Crippen molar-refractivity contribution in [3.8, 4) is 0 Å². The summed E-state index contributed by atoms with van der Waals surface area (Å²) in [6.45, 7) is 17.1. The summed E-state index contributed by atoms with van der Waals surface area (Å²) in [6, 6.07) is 11.6. The molecule has 7 heteroatoms. The molecule has 0 aliphatic heterocycles. The van der Waals surface area contributed by atoms with Crippen LogP contribution in [0.5, 0.6) is 0 Å². The maximum Gasteiger partial charge on any atom is 0.408 e. The van der Waals surface area contributed by atoms with Crippen LogP contribution in [-0.4, -0.2) is 40.5 Å². The zero-order chi connectivity index (χ0) is 28.4. The van der Waals surface area contributed by atoms with Gasteiger partial charge in [0.1, 0.15) is 17.7 Å². The van der Waals surface area contributed by atoms with Gasteiger partial charge in [-0.2, -0.15) is 0 Å². The van der Waals surface area contributed by atoms with E-state index in [2.05, 4.69) is 17.6 Å². The number of aryl methyl sites for hydroxylation is 3. The largest absolute Gasteiger partial charge is 0.444 e. The molecule has 0 heterocycles. The zero-order valence-electron chi connectivity index (χ0n) is 24.2. The van der Waals surface area contributed by atoms with Gasteiger partial charge in [0, 0.05) is 11.7 Å². The molecule has 2 aromatic carbocycles. The Balaban J connectivity index is 2.05. The number of benzene rings is 2. The Morgan fingerprint density at radius 3 is 2.13 bits per heavy atom. The van der Waals surface area contributed by atoms with Crippen molar-refractivity contribution in [1.82, 2.24) is 10.2 Å². The molecule has 1 saturated carbocycles. The van der Waals surface area contributed by atoms with Gasteiger partial charge in [-0.25, -0.2) is 4.79 Å². The number of rotatable bonds is 8. The highest BCUT2D eigenvalue weighted by Crippen LogP contribution is 2.41. The van der Waals surface area contributed by atoms with Crippen LogP contribution in [0, 0.1) is 32.6 Å². The van der Waals surface area contributed by atoms with Crippen LogP contribution < -0.4 is 10.6 Å². The fourth-order valence-electron chi connectivity index (χ4n) is 4.57. The zero-order valence-corrected chi connectivity index (χ0v) is 24.2. The lowest BCUT2D eigenvalue weighted by Gasteiger charge is -2.36. The molecule has 0 bridgehead atoms. The minimum Gasteiger partial charge on any atom is -0.444 e. The Bertz CT molecular complexity index is 1180. The number of ether oxygens (including phenoxy) is 1. The summed E-state index contributed by atoms with van der Waals surface area (Å²) < 4.78 is 5.46. The van der Waals surface area contributed by atoms with E-state index in [1.54, 1.807) is 25.7 Å². The van der Waals surface area contributed by atoms with Crippen LogP contribution in [0.1, 0.15) is 76.3 Å². The van der Waals surface area contributed by atoms with E-state index in [-0.39, 0.29) is 29.7 Å². The Labute approximate surface area is 227 Å². The minimum absolute atomic E-state index is 0.113. The van der Waals surface area contributed by atoms with Crippen molar-refractivity contribution in [3.63, 3.8) is 0 Å².